The van der Waals surface area contributed by atoms with E-state index in [1.165, 1.54) is 5.69 Å². The first kappa shape index (κ1) is 17.8. The van der Waals surface area contributed by atoms with Gasteiger partial charge in [0, 0.05) is 58.1 Å². The van der Waals surface area contributed by atoms with Crippen molar-refractivity contribution in [3.63, 3.8) is 0 Å². The molecule has 0 aromatic carbocycles. The number of sulfonamides is 1. The van der Waals surface area contributed by atoms with E-state index < -0.39 is 10.0 Å². The van der Waals surface area contributed by atoms with Crippen LogP contribution in [0.3, 0.4) is 0 Å². The van der Waals surface area contributed by atoms with Gasteiger partial charge < -0.3 is 4.74 Å². The molecule has 0 amide bonds. The molecular weight excluding hydrogens is 328 g/mol. The summed E-state index contributed by atoms with van der Waals surface area (Å²) < 4.78 is 33.7. The highest BCUT2D eigenvalue weighted by Gasteiger charge is 2.26. The SMILES string of the molecule is CCS(=O)(=O)NC[C@@H]1CN(CC2CCOCC2)Cc2ccnn2C1. The van der Waals surface area contributed by atoms with Crippen molar-refractivity contribution < 1.29 is 13.2 Å². The van der Waals surface area contributed by atoms with Crippen LogP contribution in [0.1, 0.15) is 25.5 Å². The van der Waals surface area contributed by atoms with Crippen LogP contribution in [0.5, 0.6) is 0 Å². The molecule has 3 rings (SSSR count). The van der Waals surface area contributed by atoms with Gasteiger partial charge in [0.15, 0.2) is 0 Å². The fourth-order valence-corrected chi connectivity index (χ4v) is 4.22. The molecule has 24 heavy (non-hydrogen) atoms. The maximum Gasteiger partial charge on any atom is 0.211 e. The molecule has 0 spiro atoms. The Hall–Kier alpha value is -0.960. The second-order valence-corrected chi connectivity index (χ2v) is 8.97. The van der Waals surface area contributed by atoms with Gasteiger partial charge in [0.05, 0.1) is 11.4 Å². The van der Waals surface area contributed by atoms with Gasteiger partial charge in [-0.1, -0.05) is 0 Å². The summed E-state index contributed by atoms with van der Waals surface area (Å²) in [5.41, 5.74) is 1.21. The van der Waals surface area contributed by atoms with Crippen LogP contribution in [0.4, 0.5) is 0 Å². The summed E-state index contributed by atoms with van der Waals surface area (Å²) >= 11 is 0. The number of nitrogens with one attached hydrogen (secondary N) is 1. The molecule has 1 saturated heterocycles. The van der Waals surface area contributed by atoms with E-state index >= 15 is 0 Å². The van der Waals surface area contributed by atoms with Crippen molar-refractivity contribution in [2.24, 2.45) is 11.8 Å². The first-order valence-electron chi connectivity index (χ1n) is 8.84. The third kappa shape index (κ3) is 4.78. The molecule has 2 aliphatic rings. The molecular formula is C16H28N4O3S. The van der Waals surface area contributed by atoms with Gasteiger partial charge in [0.1, 0.15) is 0 Å². The Morgan fingerprint density at radius 1 is 1.29 bits per heavy atom. The molecule has 1 atom stereocenters. The number of fused-ring (bicyclic) bond motifs is 1. The van der Waals surface area contributed by atoms with Gasteiger partial charge in [0.2, 0.25) is 10.0 Å². The van der Waals surface area contributed by atoms with Crippen LogP contribution in [-0.4, -0.2) is 61.7 Å². The Labute approximate surface area is 144 Å². The highest BCUT2D eigenvalue weighted by molar-refractivity contribution is 7.89. The van der Waals surface area contributed by atoms with E-state index in [0.717, 1.165) is 52.2 Å². The highest BCUT2D eigenvalue weighted by Crippen LogP contribution is 2.21. The number of ether oxygens (including phenoxy) is 1. The van der Waals surface area contributed by atoms with Crippen molar-refractivity contribution in [1.82, 2.24) is 19.4 Å². The fourth-order valence-electron chi connectivity index (χ4n) is 3.53. The standard InChI is InChI=1S/C16H28N4O3S/c1-2-24(21,22)18-9-15-11-19(10-14-4-7-23-8-5-14)13-16-3-6-17-20(16)12-15/h3,6,14-15,18H,2,4-5,7-13H2,1H3/t15-/m1/s1. The Balaban J connectivity index is 1.65. The molecule has 0 unspecified atom stereocenters. The Bertz CT molecular complexity index is 625. The molecule has 1 aromatic rings. The number of rotatable bonds is 6. The average molecular weight is 356 g/mol. The maximum atomic E-state index is 11.8. The predicted octanol–water partition coefficient (Wildman–Crippen LogP) is 0.681. The van der Waals surface area contributed by atoms with Crippen molar-refractivity contribution in [2.75, 3.05) is 38.6 Å². The van der Waals surface area contributed by atoms with Gasteiger partial charge in [0.25, 0.3) is 0 Å². The van der Waals surface area contributed by atoms with E-state index in [-0.39, 0.29) is 11.7 Å². The summed E-state index contributed by atoms with van der Waals surface area (Å²) in [6.07, 6.45) is 4.06. The molecule has 2 aliphatic heterocycles. The van der Waals surface area contributed by atoms with Crippen LogP contribution in [0.2, 0.25) is 0 Å². The molecule has 1 fully saturated rings. The molecule has 3 heterocycles. The quantitative estimate of drug-likeness (QED) is 0.811. The predicted molar refractivity (Wildman–Crippen MR) is 92.0 cm³/mol. The lowest BCUT2D eigenvalue weighted by atomic mass is 9.99. The first-order valence-corrected chi connectivity index (χ1v) is 10.5. The summed E-state index contributed by atoms with van der Waals surface area (Å²) in [6, 6.07) is 2.07. The van der Waals surface area contributed by atoms with Crippen LogP contribution in [0.15, 0.2) is 12.3 Å². The second kappa shape index (κ2) is 7.95. The minimum absolute atomic E-state index is 0.124. The van der Waals surface area contributed by atoms with E-state index in [0.29, 0.717) is 12.5 Å². The Morgan fingerprint density at radius 2 is 2.08 bits per heavy atom. The lowest BCUT2D eigenvalue weighted by Gasteiger charge is -2.30. The zero-order chi connectivity index (χ0) is 17.0. The highest BCUT2D eigenvalue weighted by atomic mass is 32.2. The van der Waals surface area contributed by atoms with E-state index in [2.05, 4.69) is 20.8 Å². The van der Waals surface area contributed by atoms with Crippen molar-refractivity contribution in [3.05, 3.63) is 18.0 Å². The normalized spacial score (nSPS) is 23.8. The van der Waals surface area contributed by atoms with Gasteiger partial charge >= 0.3 is 0 Å². The lowest BCUT2D eigenvalue weighted by molar-refractivity contribution is 0.0496. The van der Waals surface area contributed by atoms with Gasteiger partial charge in [-0.15, -0.1) is 0 Å². The van der Waals surface area contributed by atoms with Crippen LogP contribution in [-0.2, 0) is 27.8 Å². The molecule has 0 saturated carbocycles. The molecule has 1 N–H and O–H groups in total. The minimum Gasteiger partial charge on any atom is -0.381 e. The summed E-state index contributed by atoms with van der Waals surface area (Å²) in [6.45, 7) is 7.44. The lowest BCUT2D eigenvalue weighted by Crippen LogP contribution is -2.39. The summed E-state index contributed by atoms with van der Waals surface area (Å²) in [5, 5.41) is 4.41. The molecule has 0 radical (unpaired) electrons. The average Bonchev–Trinajstić information content (AvgIpc) is 2.93. The molecule has 7 nitrogen and oxygen atoms in total. The smallest absolute Gasteiger partial charge is 0.211 e. The van der Waals surface area contributed by atoms with E-state index in [9.17, 15) is 8.42 Å². The second-order valence-electron chi connectivity index (χ2n) is 6.87. The Morgan fingerprint density at radius 3 is 2.83 bits per heavy atom. The van der Waals surface area contributed by atoms with Gasteiger partial charge in [-0.25, -0.2) is 13.1 Å². The summed E-state index contributed by atoms with van der Waals surface area (Å²) in [4.78, 5) is 2.46. The van der Waals surface area contributed by atoms with E-state index in [1.807, 2.05) is 10.9 Å². The monoisotopic (exact) mass is 356 g/mol. The third-order valence-electron chi connectivity index (χ3n) is 4.97. The molecule has 136 valence electrons. The van der Waals surface area contributed by atoms with Gasteiger partial charge in [-0.3, -0.25) is 9.58 Å². The van der Waals surface area contributed by atoms with Crippen LogP contribution < -0.4 is 4.72 Å². The van der Waals surface area contributed by atoms with Crippen LogP contribution >= 0.6 is 0 Å². The van der Waals surface area contributed by atoms with Crippen molar-refractivity contribution in [3.8, 4) is 0 Å². The number of hydrogen-bond donors (Lipinski definition) is 1. The van der Waals surface area contributed by atoms with E-state index in [4.69, 9.17) is 4.74 Å². The van der Waals surface area contributed by atoms with Gasteiger partial charge in [-0.2, -0.15) is 5.10 Å². The van der Waals surface area contributed by atoms with Gasteiger partial charge in [-0.05, 0) is 31.7 Å². The van der Waals surface area contributed by atoms with Crippen LogP contribution in [0, 0.1) is 11.8 Å². The summed E-state index contributed by atoms with van der Waals surface area (Å²) in [7, 11) is -3.15. The van der Waals surface area contributed by atoms with Crippen molar-refractivity contribution >= 4 is 10.0 Å². The third-order valence-corrected chi connectivity index (χ3v) is 6.33. The number of nitrogens with zero attached hydrogens (tertiary/aromatic N) is 3. The molecule has 8 heteroatoms. The molecule has 0 bridgehead atoms. The van der Waals surface area contributed by atoms with Crippen LogP contribution in [0.25, 0.3) is 0 Å². The molecule has 0 aliphatic carbocycles. The maximum absolute atomic E-state index is 11.8. The van der Waals surface area contributed by atoms with Crippen molar-refractivity contribution in [1.29, 1.82) is 0 Å². The minimum atomic E-state index is -3.15. The largest absolute Gasteiger partial charge is 0.381 e. The Kier molecular flexibility index (Phi) is 5.91. The first-order chi connectivity index (χ1) is 11.6. The number of hydrogen-bond acceptors (Lipinski definition) is 5. The van der Waals surface area contributed by atoms with E-state index in [1.54, 1.807) is 6.92 Å². The topological polar surface area (TPSA) is 76.5 Å². The number of aromatic nitrogens is 2. The summed E-state index contributed by atoms with van der Waals surface area (Å²) in [5.74, 6) is 1.02. The zero-order valence-electron chi connectivity index (χ0n) is 14.4. The zero-order valence-corrected chi connectivity index (χ0v) is 15.2. The molecule has 1 aromatic heterocycles. The fraction of sp³-hybridized carbons (Fsp3) is 0.812. The van der Waals surface area contributed by atoms with Crippen molar-refractivity contribution in [2.45, 2.75) is 32.9 Å².